The first-order valence-corrected chi connectivity index (χ1v) is 9.42. The normalized spacial score (nSPS) is 44.4. The molecule has 2 aliphatic heterocycles. The second-order valence-corrected chi connectivity index (χ2v) is 7.54. The van der Waals surface area contributed by atoms with Crippen LogP contribution in [0.25, 0.3) is 0 Å². The third kappa shape index (κ3) is 4.76. The molecule has 13 nitrogen and oxygen atoms in total. The van der Waals surface area contributed by atoms with E-state index in [1.807, 2.05) is 0 Å². The summed E-state index contributed by atoms with van der Waals surface area (Å²) in [7, 11) is 1.18. The fraction of sp³-hybridized carbons (Fsp3) is 0.941. The molecular weight excluding hydrogens is 412 g/mol. The second kappa shape index (κ2) is 10.1. The highest BCUT2D eigenvalue weighted by Crippen LogP contribution is 2.39. The lowest BCUT2D eigenvalue weighted by Gasteiger charge is -2.49. The standard InChI is InChI=1S/C17H30O13/c1-6-7(20)3-17(16(25)26,29-13(6)10(22)8(21)4-18)30-14-11(23)9(5-19)28-15(27-2)12(14)24/h6-15,18-24H,3-5H2,1-2H3,(H,25,26)/t6-,7-,8-,9?,10-,11+,12?,13?,14+,15-,17+/m1/s1. The maximum Gasteiger partial charge on any atom is 0.364 e. The van der Waals surface area contributed by atoms with Crippen LogP contribution in [0.15, 0.2) is 0 Å². The number of carboxylic acids is 1. The summed E-state index contributed by atoms with van der Waals surface area (Å²) in [5, 5.41) is 79.5. The van der Waals surface area contributed by atoms with Gasteiger partial charge in [-0.2, -0.15) is 0 Å². The molecule has 0 aliphatic carbocycles. The minimum atomic E-state index is -2.64. The Morgan fingerprint density at radius 2 is 1.83 bits per heavy atom. The predicted molar refractivity (Wildman–Crippen MR) is 93.8 cm³/mol. The fourth-order valence-corrected chi connectivity index (χ4v) is 3.63. The molecule has 0 amide bonds. The SMILES string of the molecule is CO[C@@H]1OC(CO)[C@H](O)[C@H](O[C@]2(C(=O)O)C[C@@H](O)[C@@H](C)C([C@H](O)[C@H](O)CO)O2)C1O. The highest BCUT2D eigenvalue weighted by atomic mass is 16.7. The van der Waals surface area contributed by atoms with Gasteiger partial charge < -0.3 is 59.8 Å². The summed E-state index contributed by atoms with van der Waals surface area (Å²) < 4.78 is 21.0. The molecule has 3 unspecified atom stereocenters. The fourth-order valence-electron chi connectivity index (χ4n) is 3.63. The molecule has 0 saturated carbocycles. The molecule has 0 aromatic rings. The summed E-state index contributed by atoms with van der Waals surface area (Å²) in [4.78, 5) is 12.1. The number of ether oxygens (including phenoxy) is 4. The first-order chi connectivity index (χ1) is 14.0. The Morgan fingerprint density at radius 1 is 1.20 bits per heavy atom. The number of rotatable bonds is 8. The van der Waals surface area contributed by atoms with E-state index >= 15 is 0 Å². The van der Waals surface area contributed by atoms with Crippen LogP contribution < -0.4 is 0 Å². The number of hydrogen-bond donors (Lipinski definition) is 8. The Balaban J connectivity index is 2.37. The summed E-state index contributed by atoms with van der Waals surface area (Å²) in [5.41, 5.74) is 0. The molecule has 2 saturated heterocycles. The number of aliphatic hydroxyl groups is 7. The van der Waals surface area contributed by atoms with E-state index in [-0.39, 0.29) is 0 Å². The van der Waals surface area contributed by atoms with E-state index in [4.69, 9.17) is 24.1 Å². The van der Waals surface area contributed by atoms with Gasteiger partial charge in [-0.15, -0.1) is 0 Å². The maximum atomic E-state index is 12.1. The van der Waals surface area contributed by atoms with Crippen molar-refractivity contribution in [3.8, 4) is 0 Å². The number of carboxylic acid groups (broad SMARTS) is 1. The van der Waals surface area contributed by atoms with Gasteiger partial charge in [0.05, 0.1) is 25.4 Å². The van der Waals surface area contributed by atoms with Crippen molar-refractivity contribution in [2.75, 3.05) is 20.3 Å². The Labute approximate surface area is 172 Å². The summed E-state index contributed by atoms with van der Waals surface area (Å²) >= 11 is 0. The highest BCUT2D eigenvalue weighted by Gasteiger charge is 2.58. The van der Waals surface area contributed by atoms with Crippen molar-refractivity contribution in [2.45, 2.75) is 74.3 Å². The molecule has 0 radical (unpaired) electrons. The van der Waals surface area contributed by atoms with Crippen LogP contribution in [0.3, 0.4) is 0 Å². The van der Waals surface area contributed by atoms with Gasteiger partial charge in [-0.3, -0.25) is 0 Å². The molecule has 176 valence electrons. The van der Waals surface area contributed by atoms with Crippen LogP contribution in [-0.4, -0.2) is 128 Å². The van der Waals surface area contributed by atoms with Crippen molar-refractivity contribution in [3.05, 3.63) is 0 Å². The molecule has 0 spiro atoms. The lowest BCUT2D eigenvalue weighted by Crippen LogP contribution is -2.67. The Kier molecular flexibility index (Phi) is 8.51. The van der Waals surface area contributed by atoms with E-state index in [1.54, 1.807) is 0 Å². The summed E-state index contributed by atoms with van der Waals surface area (Å²) in [6, 6.07) is 0. The van der Waals surface area contributed by atoms with Crippen molar-refractivity contribution < 1.29 is 64.6 Å². The van der Waals surface area contributed by atoms with Gasteiger partial charge in [0.15, 0.2) is 6.29 Å². The van der Waals surface area contributed by atoms with E-state index in [9.17, 15) is 40.5 Å². The van der Waals surface area contributed by atoms with Crippen LogP contribution in [0.2, 0.25) is 0 Å². The molecule has 2 rings (SSSR count). The monoisotopic (exact) mass is 442 g/mol. The molecule has 0 bridgehead atoms. The van der Waals surface area contributed by atoms with Crippen molar-refractivity contribution >= 4 is 5.97 Å². The van der Waals surface area contributed by atoms with Gasteiger partial charge in [0.1, 0.15) is 36.6 Å². The molecular formula is C17H30O13. The zero-order valence-electron chi connectivity index (χ0n) is 16.5. The number of methoxy groups -OCH3 is 1. The minimum Gasteiger partial charge on any atom is -0.477 e. The quantitative estimate of drug-likeness (QED) is 0.179. The van der Waals surface area contributed by atoms with Crippen molar-refractivity contribution in [3.63, 3.8) is 0 Å². The third-order valence-corrected chi connectivity index (χ3v) is 5.55. The van der Waals surface area contributed by atoms with Crippen LogP contribution in [0.4, 0.5) is 0 Å². The van der Waals surface area contributed by atoms with E-state index in [1.165, 1.54) is 14.0 Å². The Bertz CT molecular complexity index is 560. The zero-order chi connectivity index (χ0) is 22.8. The van der Waals surface area contributed by atoms with Crippen molar-refractivity contribution in [1.82, 2.24) is 0 Å². The second-order valence-electron chi connectivity index (χ2n) is 7.54. The lowest BCUT2D eigenvalue weighted by molar-refractivity contribution is -0.371. The van der Waals surface area contributed by atoms with Gasteiger partial charge in [0, 0.05) is 19.4 Å². The number of aliphatic hydroxyl groups excluding tert-OH is 7. The molecule has 2 fully saturated rings. The number of carbonyl (C=O) groups is 1. The van der Waals surface area contributed by atoms with Gasteiger partial charge in [0.25, 0.3) is 5.79 Å². The molecule has 8 N–H and O–H groups in total. The molecule has 13 heteroatoms. The van der Waals surface area contributed by atoms with Crippen LogP contribution in [0.5, 0.6) is 0 Å². The minimum absolute atomic E-state index is 0.639. The van der Waals surface area contributed by atoms with Crippen LogP contribution in [0.1, 0.15) is 13.3 Å². The predicted octanol–water partition coefficient (Wildman–Crippen LogP) is -4.26. The zero-order valence-corrected chi connectivity index (χ0v) is 16.5. The maximum absolute atomic E-state index is 12.1. The topological polar surface area (TPSA) is 216 Å². The van der Waals surface area contributed by atoms with E-state index in [0.29, 0.717) is 0 Å². The highest BCUT2D eigenvalue weighted by molar-refractivity contribution is 5.76. The van der Waals surface area contributed by atoms with Gasteiger partial charge in [-0.25, -0.2) is 4.79 Å². The van der Waals surface area contributed by atoms with Crippen LogP contribution >= 0.6 is 0 Å². The molecule has 2 aliphatic rings. The van der Waals surface area contributed by atoms with E-state index < -0.39 is 92.4 Å². The summed E-state index contributed by atoms with van der Waals surface area (Å²) in [5.74, 6) is -5.24. The molecule has 11 atom stereocenters. The van der Waals surface area contributed by atoms with Crippen LogP contribution in [0, 0.1) is 5.92 Å². The first kappa shape index (κ1) is 25.3. The van der Waals surface area contributed by atoms with E-state index in [2.05, 4.69) is 0 Å². The largest absolute Gasteiger partial charge is 0.477 e. The van der Waals surface area contributed by atoms with Gasteiger partial charge in [0.2, 0.25) is 0 Å². The summed E-state index contributed by atoms with van der Waals surface area (Å²) in [6.07, 6.45) is -14.7. The Morgan fingerprint density at radius 3 is 2.33 bits per heavy atom. The summed E-state index contributed by atoms with van der Waals surface area (Å²) in [6.45, 7) is -0.108. The molecule has 2 heterocycles. The van der Waals surface area contributed by atoms with Crippen molar-refractivity contribution in [1.29, 1.82) is 0 Å². The average Bonchev–Trinajstić information content (AvgIpc) is 2.72. The van der Waals surface area contributed by atoms with Crippen molar-refractivity contribution in [2.24, 2.45) is 5.92 Å². The third-order valence-electron chi connectivity index (χ3n) is 5.55. The smallest absolute Gasteiger partial charge is 0.364 e. The van der Waals surface area contributed by atoms with E-state index in [0.717, 1.165) is 0 Å². The number of aliphatic carboxylic acids is 1. The molecule has 0 aromatic heterocycles. The van der Waals surface area contributed by atoms with Gasteiger partial charge in [-0.05, 0) is 0 Å². The molecule has 30 heavy (non-hydrogen) atoms. The molecule has 0 aromatic carbocycles. The van der Waals surface area contributed by atoms with Gasteiger partial charge in [-0.1, -0.05) is 6.92 Å². The lowest BCUT2D eigenvalue weighted by atomic mass is 9.84. The van der Waals surface area contributed by atoms with Crippen LogP contribution in [-0.2, 0) is 23.7 Å². The first-order valence-electron chi connectivity index (χ1n) is 9.42. The number of hydrogen-bond acceptors (Lipinski definition) is 12. The average molecular weight is 442 g/mol. The van der Waals surface area contributed by atoms with Gasteiger partial charge >= 0.3 is 5.97 Å². The Hall–Kier alpha value is -0.970.